The maximum atomic E-state index is 12.2. The molecule has 6 atom stereocenters. The molecule has 6 nitrogen and oxygen atoms in total. The smallest absolute Gasteiger partial charge is 0.303 e. The molecule has 180 valence electrons. The lowest BCUT2D eigenvalue weighted by atomic mass is 9.67. The largest absolute Gasteiger partial charge is 0.462 e. The van der Waals surface area contributed by atoms with E-state index in [0.29, 0.717) is 12.3 Å². The molecule has 0 aromatic carbocycles. The van der Waals surface area contributed by atoms with Gasteiger partial charge in [0.15, 0.2) is 0 Å². The van der Waals surface area contributed by atoms with Gasteiger partial charge in [0.1, 0.15) is 17.3 Å². The fourth-order valence-electron chi connectivity index (χ4n) is 5.70. The molecular formula is C26H40O6. The summed E-state index contributed by atoms with van der Waals surface area (Å²) >= 11 is 0. The van der Waals surface area contributed by atoms with Gasteiger partial charge in [-0.3, -0.25) is 14.4 Å². The van der Waals surface area contributed by atoms with E-state index < -0.39 is 17.3 Å². The fraction of sp³-hybridized carbons (Fsp3) is 0.731. The second kappa shape index (κ2) is 9.80. The molecule has 2 rings (SSSR count). The van der Waals surface area contributed by atoms with Gasteiger partial charge in [-0.2, -0.15) is 0 Å². The Morgan fingerprint density at radius 3 is 2.22 bits per heavy atom. The summed E-state index contributed by atoms with van der Waals surface area (Å²) in [6.45, 7) is 14.3. The zero-order valence-corrected chi connectivity index (χ0v) is 20.9. The Labute approximate surface area is 192 Å². The summed E-state index contributed by atoms with van der Waals surface area (Å²) < 4.78 is 17.4. The molecular weight excluding hydrogens is 408 g/mol. The Hall–Kier alpha value is -2.11. The highest BCUT2D eigenvalue weighted by Gasteiger charge is 2.55. The summed E-state index contributed by atoms with van der Waals surface area (Å²) in [4.78, 5) is 36.0. The maximum absolute atomic E-state index is 12.2. The molecule has 6 heteroatoms. The highest BCUT2D eigenvalue weighted by Crippen LogP contribution is 2.55. The minimum atomic E-state index is -0.921. The molecule has 0 aliphatic heterocycles. The molecule has 0 amide bonds. The first-order chi connectivity index (χ1) is 14.7. The van der Waals surface area contributed by atoms with Gasteiger partial charge in [0.25, 0.3) is 0 Å². The van der Waals surface area contributed by atoms with Crippen LogP contribution in [-0.2, 0) is 28.6 Å². The summed E-state index contributed by atoms with van der Waals surface area (Å²) in [6, 6.07) is 0. The molecule has 1 saturated carbocycles. The van der Waals surface area contributed by atoms with E-state index >= 15 is 0 Å². The average molecular weight is 449 g/mol. The van der Waals surface area contributed by atoms with Crippen LogP contribution in [0.2, 0.25) is 0 Å². The fourth-order valence-corrected chi connectivity index (χ4v) is 5.70. The van der Waals surface area contributed by atoms with E-state index in [1.54, 1.807) is 0 Å². The number of fused-ring (bicyclic) bond motifs is 1. The quantitative estimate of drug-likeness (QED) is 0.336. The van der Waals surface area contributed by atoms with Gasteiger partial charge in [-0.05, 0) is 57.4 Å². The maximum Gasteiger partial charge on any atom is 0.303 e. The third-order valence-corrected chi connectivity index (χ3v) is 6.97. The van der Waals surface area contributed by atoms with Gasteiger partial charge < -0.3 is 14.2 Å². The first-order valence-corrected chi connectivity index (χ1v) is 11.6. The summed E-state index contributed by atoms with van der Waals surface area (Å²) in [5.74, 6) is -0.949. The van der Waals surface area contributed by atoms with E-state index in [-0.39, 0.29) is 35.2 Å². The van der Waals surface area contributed by atoms with E-state index in [2.05, 4.69) is 26.0 Å². The van der Waals surface area contributed by atoms with Crippen LogP contribution in [0, 0.1) is 23.2 Å². The van der Waals surface area contributed by atoms with Crippen molar-refractivity contribution in [2.45, 2.75) is 98.4 Å². The van der Waals surface area contributed by atoms with E-state index in [9.17, 15) is 14.4 Å². The highest BCUT2D eigenvalue weighted by atomic mass is 16.6. The monoisotopic (exact) mass is 448 g/mol. The lowest BCUT2D eigenvalue weighted by Gasteiger charge is -2.44. The van der Waals surface area contributed by atoms with Gasteiger partial charge in [-0.25, -0.2) is 0 Å². The average Bonchev–Trinajstić information content (AvgIpc) is 2.95. The Morgan fingerprint density at radius 1 is 1.00 bits per heavy atom. The molecule has 0 heterocycles. The van der Waals surface area contributed by atoms with Crippen molar-refractivity contribution in [3.8, 4) is 0 Å². The summed E-state index contributed by atoms with van der Waals surface area (Å²) in [6.07, 6.45) is 10.8. The van der Waals surface area contributed by atoms with Gasteiger partial charge in [0.2, 0.25) is 0 Å². The number of ether oxygens (including phenoxy) is 3. The molecule has 0 radical (unpaired) electrons. The van der Waals surface area contributed by atoms with E-state index in [4.69, 9.17) is 14.2 Å². The molecule has 2 aliphatic carbocycles. The van der Waals surface area contributed by atoms with E-state index in [1.807, 2.05) is 32.9 Å². The Kier molecular flexibility index (Phi) is 8.01. The zero-order valence-electron chi connectivity index (χ0n) is 20.9. The second-order valence-corrected chi connectivity index (χ2v) is 10.6. The van der Waals surface area contributed by atoms with Crippen molar-refractivity contribution in [1.29, 1.82) is 0 Å². The molecule has 0 saturated heterocycles. The van der Waals surface area contributed by atoms with Gasteiger partial charge in [-0.1, -0.05) is 32.1 Å². The lowest BCUT2D eigenvalue weighted by Crippen LogP contribution is -2.48. The number of rotatable bonds is 4. The van der Waals surface area contributed by atoms with Crippen LogP contribution in [0.4, 0.5) is 0 Å². The highest BCUT2D eigenvalue weighted by molar-refractivity contribution is 5.67. The van der Waals surface area contributed by atoms with E-state index in [0.717, 1.165) is 19.3 Å². The first kappa shape index (κ1) is 26.1. The van der Waals surface area contributed by atoms with Crippen molar-refractivity contribution in [2.75, 3.05) is 0 Å². The van der Waals surface area contributed by atoms with Crippen LogP contribution in [0.15, 0.2) is 24.3 Å². The first-order valence-electron chi connectivity index (χ1n) is 11.6. The van der Waals surface area contributed by atoms with Crippen molar-refractivity contribution < 1.29 is 28.6 Å². The van der Waals surface area contributed by atoms with Crippen molar-refractivity contribution in [1.82, 2.24) is 0 Å². The molecule has 0 aromatic heterocycles. The molecule has 32 heavy (non-hydrogen) atoms. The van der Waals surface area contributed by atoms with Crippen LogP contribution in [0.5, 0.6) is 0 Å². The molecule has 0 N–H and O–H groups in total. The Balaban J connectivity index is 2.63. The number of esters is 3. The molecule has 0 bridgehead atoms. The predicted molar refractivity (Wildman–Crippen MR) is 123 cm³/mol. The number of hydrogen-bond acceptors (Lipinski definition) is 6. The summed E-state index contributed by atoms with van der Waals surface area (Å²) in [5, 5.41) is 0. The van der Waals surface area contributed by atoms with Gasteiger partial charge in [0, 0.05) is 39.0 Å². The van der Waals surface area contributed by atoms with Crippen LogP contribution < -0.4 is 0 Å². The normalized spacial score (nSPS) is 35.4. The Morgan fingerprint density at radius 2 is 1.66 bits per heavy atom. The molecule has 0 spiro atoms. The van der Waals surface area contributed by atoms with Crippen molar-refractivity contribution in [3.63, 3.8) is 0 Å². The van der Waals surface area contributed by atoms with Gasteiger partial charge in [-0.15, -0.1) is 0 Å². The van der Waals surface area contributed by atoms with Crippen LogP contribution in [-0.4, -0.2) is 35.2 Å². The minimum absolute atomic E-state index is 0.0352. The van der Waals surface area contributed by atoms with Crippen LogP contribution in [0.25, 0.3) is 0 Å². The second-order valence-electron chi connectivity index (χ2n) is 10.6. The molecule has 1 fully saturated rings. The van der Waals surface area contributed by atoms with Crippen molar-refractivity contribution in [3.05, 3.63) is 24.3 Å². The summed E-state index contributed by atoms with van der Waals surface area (Å²) in [7, 11) is 0. The molecule has 6 unspecified atom stereocenters. The number of carbonyl (C=O) groups excluding carboxylic acids is 3. The zero-order chi connectivity index (χ0) is 24.3. The van der Waals surface area contributed by atoms with Crippen LogP contribution in [0.3, 0.4) is 0 Å². The lowest BCUT2D eigenvalue weighted by molar-refractivity contribution is -0.174. The molecule has 0 aromatic rings. The SMILES string of the molecule is CC(=O)OC1CC(C)(OC(C)=O)C=CCC(C)C=CC2(C)CCC(C(C)(C)OC(C)=O)C12. The number of allylic oxidation sites excluding steroid dienone is 3. The van der Waals surface area contributed by atoms with Crippen LogP contribution in [0.1, 0.15) is 81.1 Å². The number of hydrogen-bond donors (Lipinski definition) is 0. The standard InChI is InChI=1S/C26H40O6/c1-17-10-9-13-26(8,32-20(4)29)16-22(30-18(2)27)23-21(24(5,6)31-19(3)28)12-15-25(23,7)14-11-17/h9,11,13-14,17,21-23H,10,12,15-16H2,1-8H3. The number of carbonyl (C=O) groups is 3. The van der Waals surface area contributed by atoms with Crippen LogP contribution >= 0.6 is 0 Å². The topological polar surface area (TPSA) is 78.9 Å². The third-order valence-electron chi connectivity index (χ3n) is 6.97. The van der Waals surface area contributed by atoms with Gasteiger partial charge in [0.05, 0.1) is 0 Å². The van der Waals surface area contributed by atoms with Crippen molar-refractivity contribution >= 4 is 17.9 Å². The predicted octanol–water partition coefficient (Wildman–Crippen LogP) is 5.16. The third kappa shape index (κ3) is 6.46. The van der Waals surface area contributed by atoms with Crippen molar-refractivity contribution in [2.24, 2.45) is 23.2 Å². The van der Waals surface area contributed by atoms with E-state index in [1.165, 1.54) is 20.8 Å². The summed E-state index contributed by atoms with van der Waals surface area (Å²) in [5.41, 5.74) is -1.92. The molecule has 2 aliphatic rings. The van der Waals surface area contributed by atoms with Gasteiger partial charge >= 0.3 is 17.9 Å². The minimum Gasteiger partial charge on any atom is -0.462 e. The Bertz CT molecular complexity index is 781.